The van der Waals surface area contributed by atoms with Gasteiger partial charge in [0.25, 0.3) is 0 Å². The number of hydrogen-bond donors (Lipinski definition) is 2. The van der Waals surface area contributed by atoms with Crippen molar-refractivity contribution in [1.29, 1.82) is 0 Å². The molecule has 0 fully saturated rings. The summed E-state index contributed by atoms with van der Waals surface area (Å²) in [5, 5.41) is 2.61. The number of hydrogen-bond acceptors (Lipinski definition) is 4. The standard InChI is InChI=1S/C17H24F3N3O3.HI/c1-25-15(24)11-5-3-2-4-8-12-22-16(21)23-13-9-6-7-10-14(13)26-17(18,19)20;/h6-7,9-10H,2-5,8,11-12H2,1H3,(H3,21,22,23);1H. The number of nitrogens with zero attached hydrogens (tertiary/aromatic N) is 1. The van der Waals surface area contributed by atoms with Gasteiger partial charge in [0.2, 0.25) is 0 Å². The van der Waals surface area contributed by atoms with Crippen LogP contribution in [0, 0.1) is 0 Å². The van der Waals surface area contributed by atoms with E-state index in [1.54, 1.807) is 6.07 Å². The van der Waals surface area contributed by atoms with Crippen LogP contribution in [0.15, 0.2) is 29.3 Å². The van der Waals surface area contributed by atoms with Gasteiger partial charge < -0.3 is 20.5 Å². The van der Waals surface area contributed by atoms with Gasteiger partial charge in [-0.1, -0.05) is 31.4 Å². The van der Waals surface area contributed by atoms with E-state index in [-0.39, 0.29) is 47.3 Å². The molecular formula is C17H25F3IN3O3. The number of esters is 1. The first kappa shape index (κ1) is 25.3. The predicted molar refractivity (Wildman–Crippen MR) is 108 cm³/mol. The highest BCUT2D eigenvalue weighted by molar-refractivity contribution is 14.0. The Kier molecular flexibility index (Phi) is 12.6. The van der Waals surface area contributed by atoms with Crippen LogP contribution in [0.5, 0.6) is 5.75 Å². The van der Waals surface area contributed by atoms with Crippen LogP contribution in [-0.2, 0) is 9.53 Å². The van der Waals surface area contributed by atoms with Crippen LogP contribution < -0.4 is 15.8 Å². The summed E-state index contributed by atoms with van der Waals surface area (Å²) in [6, 6.07) is 5.61. The molecule has 1 aromatic rings. The van der Waals surface area contributed by atoms with E-state index < -0.39 is 6.36 Å². The number of nitrogens with one attached hydrogen (secondary N) is 1. The summed E-state index contributed by atoms with van der Waals surface area (Å²) in [6.07, 6.45) is 0.0297. The van der Waals surface area contributed by atoms with Crippen molar-refractivity contribution in [3.8, 4) is 5.75 Å². The first-order valence-corrected chi connectivity index (χ1v) is 8.30. The van der Waals surface area contributed by atoms with Gasteiger partial charge in [0.05, 0.1) is 12.8 Å². The Morgan fingerprint density at radius 2 is 1.78 bits per heavy atom. The Balaban J connectivity index is 0.00000676. The van der Waals surface area contributed by atoms with E-state index in [2.05, 4.69) is 19.8 Å². The second-order valence-electron chi connectivity index (χ2n) is 5.53. The average molecular weight is 503 g/mol. The Morgan fingerprint density at radius 1 is 1.15 bits per heavy atom. The van der Waals surface area contributed by atoms with Crippen molar-refractivity contribution < 1.29 is 27.4 Å². The number of aliphatic imine (C=N–C) groups is 1. The number of ether oxygens (including phenoxy) is 2. The van der Waals surface area contributed by atoms with E-state index >= 15 is 0 Å². The zero-order valence-corrected chi connectivity index (χ0v) is 17.4. The number of guanidine groups is 1. The lowest BCUT2D eigenvalue weighted by Crippen LogP contribution is -2.24. The SMILES string of the molecule is COC(=O)CCCCCCCN=C(N)Nc1ccccc1OC(F)(F)F.I. The summed E-state index contributed by atoms with van der Waals surface area (Å²) in [7, 11) is 1.37. The van der Waals surface area contributed by atoms with E-state index in [9.17, 15) is 18.0 Å². The van der Waals surface area contributed by atoms with Gasteiger partial charge in [-0.15, -0.1) is 37.1 Å². The van der Waals surface area contributed by atoms with Crippen LogP contribution in [0.2, 0.25) is 0 Å². The van der Waals surface area contributed by atoms with E-state index in [4.69, 9.17) is 5.73 Å². The van der Waals surface area contributed by atoms with Gasteiger partial charge in [-0.3, -0.25) is 9.79 Å². The van der Waals surface area contributed by atoms with E-state index in [0.29, 0.717) is 13.0 Å². The number of halogens is 4. The molecule has 154 valence electrons. The molecule has 27 heavy (non-hydrogen) atoms. The minimum Gasteiger partial charge on any atom is -0.469 e. The number of nitrogens with two attached hydrogens (primary N) is 1. The molecule has 6 nitrogen and oxygen atoms in total. The molecule has 0 saturated heterocycles. The number of unbranched alkanes of at least 4 members (excludes halogenated alkanes) is 4. The number of benzene rings is 1. The van der Waals surface area contributed by atoms with Crippen LogP contribution in [0.1, 0.15) is 38.5 Å². The van der Waals surface area contributed by atoms with Crippen molar-refractivity contribution in [2.24, 2.45) is 10.7 Å². The molecule has 0 saturated carbocycles. The third-order valence-corrected chi connectivity index (χ3v) is 3.42. The van der Waals surface area contributed by atoms with Crippen LogP contribution in [0.4, 0.5) is 18.9 Å². The van der Waals surface area contributed by atoms with Gasteiger partial charge in [0.15, 0.2) is 11.7 Å². The smallest absolute Gasteiger partial charge is 0.469 e. The maximum absolute atomic E-state index is 12.4. The molecule has 0 aliphatic carbocycles. The third-order valence-electron chi connectivity index (χ3n) is 3.42. The number of carbonyl (C=O) groups excluding carboxylic acids is 1. The molecule has 0 atom stereocenters. The number of rotatable bonds is 10. The molecule has 1 aromatic carbocycles. The highest BCUT2D eigenvalue weighted by Gasteiger charge is 2.32. The molecule has 0 unspecified atom stereocenters. The fourth-order valence-electron chi connectivity index (χ4n) is 2.17. The summed E-state index contributed by atoms with van der Waals surface area (Å²) in [5.41, 5.74) is 5.79. The molecule has 3 N–H and O–H groups in total. The molecule has 0 aliphatic heterocycles. The molecular weight excluding hydrogens is 478 g/mol. The van der Waals surface area contributed by atoms with Crippen molar-refractivity contribution in [1.82, 2.24) is 0 Å². The summed E-state index contributed by atoms with van der Waals surface area (Å²) < 4.78 is 45.6. The zero-order chi connectivity index (χ0) is 19.4. The van der Waals surface area contributed by atoms with E-state index in [0.717, 1.165) is 32.1 Å². The maximum Gasteiger partial charge on any atom is 0.573 e. The number of carbonyl (C=O) groups is 1. The summed E-state index contributed by atoms with van der Waals surface area (Å²) in [5.74, 6) is -0.555. The van der Waals surface area contributed by atoms with Gasteiger partial charge in [0.1, 0.15) is 0 Å². The lowest BCUT2D eigenvalue weighted by atomic mass is 10.1. The minimum absolute atomic E-state index is 0. The van der Waals surface area contributed by atoms with Gasteiger partial charge in [-0.05, 0) is 25.0 Å². The fourth-order valence-corrected chi connectivity index (χ4v) is 2.17. The highest BCUT2D eigenvalue weighted by atomic mass is 127. The van der Waals surface area contributed by atoms with Crippen LogP contribution in [-0.4, -0.2) is 31.9 Å². The highest BCUT2D eigenvalue weighted by Crippen LogP contribution is 2.29. The number of alkyl halides is 3. The number of anilines is 1. The van der Waals surface area contributed by atoms with Crippen molar-refractivity contribution in [2.45, 2.75) is 44.9 Å². The van der Waals surface area contributed by atoms with E-state index in [1.807, 2.05) is 0 Å². The normalized spacial score (nSPS) is 11.5. The van der Waals surface area contributed by atoms with Crippen molar-refractivity contribution in [2.75, 3.05) is 19.0 Å². The summed E-state index contributed by atoms with van der Waals surface area (Å²) >= 11 is 0. The topological polar surface area (TPSA) is 85.9 Å². The third kappa shape index (κ3) is 12.3. The van der Waals surface area contributed by atoms with Crippen LogP contribution >= 0.6 is 24.0 Å². The average Bonchev–Trinajstić information content (AvgIpc) is 2.57. The van der Waals surface area contributed by atoms with Gasteiger partial charge in [0, 0.05) is 13.0 Å². The number of methoxy groups -OCH3 is 1. The van der Waals surface area contributed by atoms with Gasteiger partial charge in [-0.2, -0.15) is 0 Å². The maximum atomic E-state index is 12.4. The molecule has 0 aliphatic rings. The molecule has 0 amide bonds. The zero-order valence-electron chi connectivity index (χ0n) is 15.1. The second-order valence-corrected chi connectivity index (χ2v) is 5.53. The van der Waals surface area contributed by atoms with E-state index in [1.165, 1.54) is 25.3 Å². The fraction of sp³-hybridized carbons (Fsp3) is 0.529. The molecule has 0 spiro atoms. The minimum atomic E-state index is -4.78. The van der Waals surface area contributed by atoms with Crippen molar-refractivity contribution >= 4 is 41.6 Å². The molecule has 0 bridgehead atoms. The second kappa shape index (κ2) is 13.4. The Morgan fingerprint density at radius 3 is 2.44 bits per heavy atom. The monoisotopic (exact) mass is 503 g/mol. The molecule has 10 heteroatoms. The van der Waals surface area contributed by atoms with Crippen molar-refractivity contribution in [3.05, 3.63) is 24.3 Å². The Hall–Kier alpha value is -1.72. The molecule has 0 heterocycles. The summed E-state index contributed by atoms with van der Waals surface area (Å²) in [6.45, 7) is 0.456. The lowest BCUT2D eigenvalue weighted by molar-refractivity contribution is -0.274. The van der Waals surface area contributed by atoms with Crippen LogP contribution in [0.25, 0.3) is 0 Å². The van der Waals surface area contributed by atoms with Crippen LogP contribution in [0.3, 0.4) is 0 Å². The molecule has 0 aromatic heterocycles. The quantitative estimate of drug-likeness (QED) is 0.162. The largest absolute Gasteiger partial charge is 0.573 e. The van der Waals surface area contributed by atoms with Crippen molar-refractivity contribution in [3.63, 3.8) is 0 Å². The first-order valence-electron chi connectivity index (χ1n) is 8.30. The molecule has 1 rings (SSSR count). The first-order chi connectivity index (χ1) is 12.3. The Labute approximate surface area is 173 Å². The Bertz CT molecular complexity index is 598. The van der Waals surface area contributed by atoms with Gasteiger partial charge >= 0.3 is 12.3 Å². The predicted octanol–water partition coefficient (Wildman–Crippen LogP) is 4.44. The summed E-state index contributed by atoms with van der Waals surface area (Å²) in [4.78, 5) is 15.0. The van der Waals surface area contributed by atoms with Gasteiger partial charge in [-0.25, -0.2) is 0 Å². The molecule has 0 radical (unpaired) electrons. The lowest BCUT2D eigenvalue weighted by Gasteiger charge is -2.14. The number of para-hydroxylation sites is 2.